The lowest BCUT2D eigenvalue weighted by Gasteiger charge is -2.15. The number of ether oxygens (including phenoxy) is 3. The molecule has 324 valence electrons. The molecule has 0 saturated heterocycles. The van der Waals surface area contributed by atoms with E-state index in [0.717, 1.165) is 50.2 Å². The Bertz CT molecular complexity index is 2190. The maximum absolute atomic E-state index is 13.4. The van der Waals surface area contributed by atoms with Gasteiger partial charge in [-0.15, -0.1) is 0 Å². The lowest BCUT2D eigenvalue weighted by Crippen LogP contribution is -2.23. The number of hydrogen-bond acceptors (Lipinski definition) is 9. The summed E-state index contributed by atoms with van der Waals surface area (Å²) in [5.74, 6) is -5.78. The minimum atomic E-state index is -4.73. The number of carbonyl (C=O) groups excluding carboxylic acids is 6. The van der Waals surface area contributed by atoms with Gasteiger partial charge in [0.1, 0.15) is 31.8 Å². The SMILES string of the molecule is CC(=O)Nc1cc(COc2c(Cl)cc(NC(=O)CC(=O)OC(=O)CC(=O)Nc3cc(Br)c(OCc4cc(NC(C)=O)cc(C(F)(F)F)c4)c(Br)c3)cc2Cl)cc(C(F)(F)F)c1. The molecule has 0 spiro atoms. The van der Waals surface area contributed by atoms with Crippen LogP contribution in [0.15, 0.2) is 69.6 Å². The molecular weight excluding hydrogens is 1000 g/mol. The summed E-state index contributed by atoms with van der Waals surface area (Å²) in [5, 5.41) is 8.91. The molecular formula is C38H28Br2Cl2F6N4O9. The molecule has 0 aliphatic heterocycles. The van der Waals surface area contributed by atoms with Gasteiger partial charge in [0.05, 0.1) is 30.1 Å². The van der Waals surface area contributed by atoms with Crippen LogP contribution in [0.25, 0.3) is 0 Å². The van der Waals surface area contributed by atoms with Crippen LogP contribution < -0.4 is 30.7 Å². The molecule has 0 saturated carbocycles. The first kappa shape index (κ1) is 48.3. The van der Waals surface area contributed by atoms with Crippen molar-refractivity contribution in [2.24, 2.45) is 0 Å². The zero-order valence-corrected chi connectivity index (χ0v) is 35.7. The van der Waals surface area contributed by atoms with E-state index in [0.29, 0.717) is 0 Å². The Morgan fingerprint density at radius 1 is 0.541 bits per heavy atom. The third-order valence-corrected chi connectivity index (χ3v) is 9.19. The van der Waals surface area contributed by atoms with Crippen molar-refractivity contribution < 1.29 is 69.3 Å². The van der Waals surface area contributed by atoms with Crippen LogP contribution in [0.1, 0.15) is 48.9 Å². The molecule has 0 bridgehead atoms. The predicted octanol–water partition coefficient (Wildman–Crippen LogP) is 10.1. The first-order valence-corrected chi connectivity index (χ1v) is 19.2. The zero-order chi connectivity index (χ0) is 45.4. The fourth-order valence-corrected chi connectivity index (χ4v) is 7.16. The van der Waals surface area contributed by atoms with Crippen molar-refractivity contribution in [2.45, 2.75) is 52.3 Å². The van der Waals surface area contributed by atoms with Gasteiger partial charge >= 0.3 is 24.3 Å². The standard InChI is InChI=1S/C38H28Br2Cl2F6N4O9/c1-17(53)49-23-5-19(3-21(7-23)37(43,44)45)15-59-35-27(39)9-25(10-28(35)40)51-31(55)13-33(57)61-34(58)14-32(56)52-26-11-29(41)36(30(42)12-26)60-16-20-4-22(38(46,47)48)8-24(6-20)50-18(2)54/h3-12H,13-16H2,1-2H3,(H,49,53)(H,50,54)(H,51,55)(H,52,56). The van der Waals surface area contributed by atoms with Crippen LogP contribution in [0.5, 0.6) is 11.5 Å². The highest BCUT2D eigenvalue weighted by atomic mass is 79.9. The summed E-state index contributed by atoms with van der Waals surface area (Å²) in [6, 6.07) is 10.8. The van der Waals surface area contributed by atoms with Crippen LogP contribution in [0.4, 0.5) is 49.1 Å². The molecule has 4 rings (SSSR count). The van der Waals surface area contributed by atoms with Gasteiger partial charge in [0, 0.05) is 36.6 Å². The fraction of sp³-hybridized carbons (Fsp3) is 0.211. The lowest BCUT2D eigenvalue weighted by atomic mass is 10.1. The van der Waals surface area contributed by atoms with E-state index >= 15 is 0 Å². The average Bonchev–Trinajstić information content (AvgIpc) is 3.09. The molecule has 0 aromatic heterocycles. The molecule has 0 radical (unpaired) electrons. The Kier molecular flexibility index (Phi) is 16.2. The van der Waals surface area contributed by atoms with Crippen molar-refractivity contribution in [1.29, 1.82) is 0 Å². The summed E-state index contributed by atoms with van der Waals surface area (Å²) >= 11 is 19.0. The van der Waals surface area contributed by atoms with E-state index in [1.54, 1.807) is 0 Å². The molecule has 0 atom stereocenters. The second-order valence-corrected chi connectivity index (χ2v) is 15.1. The van der Waals surface area contributed by atoms with Crippen LogP contribution in [0.3, 0.4) is 0 Å². The van der Waals surface area contributed by atoms with Gasteiger partial charge in [0.25, 0.3) is 0 Å². The quantitative estimate of drug-likeness (QED) is 0.0544. The molecule has 0 fully saturated rings. The number of hydrogen-bond donors (Lipinski definition) is 4. The van der Waals surface area contributed by atoms with Gasteiger partial charge in [-0.2, -0.15) is 26.3 Å². The van der Waals surface area contributed by atoms with E-state index in [1.807, 2.05) is 0 Å². The van der Waals surface area contributed by atoms with Crippen molar-refractivity contribution in [3.63, 3.8) is 0 Å². The lowest BCUT2D eigenvalue weighted by molar-refractivity contribution is -0.160. The Balaban J connectivity index is 1.28. The highest BCUT2D eigenvalue weighted by Crippen LogP contribution is 2.39. The highest BCUT2D eigenvalue weighted by molar-refractivity contribution is 9.11. The Hall–Kier alpha value is -5.38. The number of rotatable bonds is 14. The number of carbonyl (C=O) groups is 6. The summed E-state index contributed by atoms with van der Waals surface area (Å²) in [7, 11) is 0. The van der Waals surface area contributed by atoms with Gasteiger partial charge in [0.15, 0.2) is 5.75 Å². The van der Waals surface area contributed by atoms with Crippen molar-refractivity contribution in [2.75, 3.05) is 21.3 Å². The van der Waals surface area contributed by atoms with Gasteiger partial charge in [-0.25, -0.2) is 0 Å². The zero-order valence-electron chi connectivity index (χ0n) is 31.1. The van der Waals surface area contributed by atoms with Crippen molar-refractivity contribution in [1.82, 2.24) is 0 Å². The number of benzene rings is 4. The van der Waals surface area contributed by atoms with E-state index in [-0.39, 0.29) is 71.0 Å². The molecule has 4 N–H and O–H groups in total. The number of amides is 4. The fourth-order valence-electron chi connectivity index (χ4n) is 5.15. The van der Waals surface area contributed by atoms with Crippen molar-refractivity contribution in [3.05, 3.63) is 102 Å². The molecule has 0 heterocycles. The van der Waals surface area contributed by atoms with E-state index in [4.69, 9.17) is 32.7 Å². The molecule has 4 aromatic rings. The van der Waals surface area contributed by atoms with Crippen molar-refractivity contribution >= 4 is 113 Å². The first-order valence-electron chi connectivity index (χ1n) is 16.9. The topological polar surface area (TPSA) is 178 Å². The largest absolute Gasteiger partial charge is 0.487 e. The number of nitrogens with one attached hydrogen (secondary N) is 4. The Morgan fingerprint density at radius 3 is 1.28 bits per heavy atom. The Labute approximate surface area is 368 Å². The highest BCUT2D eigenvalue weighted by Gasteiger charge is 2.32. The average molecular weight is 1030 g/mol. The van der Waals surface area contributed by atoms with Crippen LogP contribution in [0, 0.1) is 0 Å². The maximum Gasteiger partial charge on any atom is 0.416 e. The van der Waals surface area contributed by atoms with E-state index in [9.17, 15) is 55.1 Å². The molecule has 0 unspecified atom stereocenters. The summed E-state index contributed by atoms with van der Waals surface area (Å²) in [5.41, 5.74) is -2.12. The second-order valence-electron chi connectivity index (χ2n) is 12.6. The van der Waals surface area contributed by atoms with Crippen LogP contribution in [-0.4, -0.2) is 35.6 Å². The summed E-state index contributed by atoms with van der Waals surface area (Å²) in [4.78, 5) is 72.5. The minimum absolute atomic E-state index is 0.00761. The van der Waals surface area contributed by atoms with Crippen LogP contribution >= 0.6 is 55.1 Å². The van der Waals surface area contributed by atoms with Gasteiger partial charge in [-0.3, -0.25) is 28.8 Å². The third kappa shape index (κ3) is 14.9. The normalized spacial score (nSPS) is 11.3. The first-order chi connectivity index (χ1) is 28.4. The summed E-state index contributed by atoms with van der Waals surface area (Å²) in [6.07, 6.45) is -11.4. The summed E-state index contributed by atoms with van der Waals surface area (Å²) < 4.78 is 96.8. The number of alkyl halides is 6. The van der Waals surface area contributed by atoms with Crippen LogP contribution in [-0.2, 0) is 59.1 Å². The second kappa shape index (κ2) is 20.5. The number of esters is 2. The molecule has 23 heteroatoms. The smallest absolute Gasteiger partial charge is 0.416 e. The predicted molar refractivity (Wildman–Crippen MR) is 216 cm³/mol. The molecule has 13 nitrogen and oxygen atoms in total. The van der Waals surface area contributed by atoms with Crippen LogP contribution in [0.2, 0.25) is 10.0 Å². The van der Waals surface area contributed by atoms with Gasteiger partial charge in [0.2, 0.25) is 23.6 Å². The molecule has 4 aromatic carbocycles. The van der Waals surface area contributed by atoms with Gasteiger partial charge in [-0.1, -0.05) is 23.2 Å². The molecule has 61 heavy (non-hydrogen) atoms. The third-order valence-electron chi connectivity index (χ3n) is 7.45. The monoisotopic (exact) mass is 1030 g/mol. The van der Waals surface area contributed by atoms with E-state index < -0.39 is 78.5 Å². The number of anilines is 4. The molecule has 0 aliphatic carbocycles. The van der Waals surface area contributed by atoms with Gasteiger partial charge in [-0.05, 0) is 104 Å². The maximum atomic E-state index is 13.4. The van der Waals surface area contributed by atoms with Gasteiger partial charge < -0.3 is 35.5 Å². The van der Waals surface area contributed by atoms with E-state index in [1.165, 1.54) is 24.3 Å². The summed E-state index contributed by atoms with van der Waals surface area (Å²) in [6.45, 7) is 1.44. The minimum Gasteiger partial charge on any atom is -0.487 e. The number of halogens is 10. The van der Waals surface area contributed by atoms with E-state index in [2.05, 4.69) is 57.9 Å². The Morgan fingerprint density at radius 2 is 0.902 bits per heavy atom. The van der Waals surface area contributed by atoms with Crippen molar-refractivity contribution in [3.8, 4) is 11.5 Å². The molecule has 0 aliphatic rings. The molecule has 4 amide bonds.